The number of esters is 1. The topological polar surface area (TPSA) is 86.1 Å². The monoisotopic (exact) mass is 370 g/mol. The van der Waals surface area contributed by atoms with Crippen LogP contribution in [0.15, 0.2) is 61.2 Å². The minimum atomic E-state index is -0.581. The molecule has 1 amide bonds. The molecule has 7 nitrogen and oxygen atoms in total. The van der Waals surface area contributed by atoms with Gasteiger partial charge in [-0.2, -0.15) is 5.10 Å². The molecule has 0 aliphatic carbocycles. The molecule has 0 aliphatic rings. The molecule has 3 rings (SSSR count). The quantitative estimate of drug-likeness (QED) is 0.673. The summed E-state index contributed by atoms with van der Waals surface area (Å²) in [5.41, 5.74) is 1.89. The van der Waals surface area contributed by atoms with Gasteiger partial charge in [0.25, 0.3) is 5.91 Å². The number of benzene rings is 2. The second-order valence-electron chi connectivity index (χ2n) is 5.33. The van der Waals surface area contributed by atoms with Gasteiger partial charge in [-0.05, 0) is 35.9 Å². The minimum absolute atomic E-state index is 0.267. The Balaban J connectivity index is 1.49. The zero-order chi connectivity index (χ0) is 18.4. The Labute approximate surface area is 154 Å². The SMILES string of the molecule is O=C(COC(=O)c1ccc(-n2cncn2)cc1)NCc1ccccc1Cl. The summed E-state index contributed by atoms with van der Waals surface area (Å²) in [6.45, 7) is -0.100. The van der Waals surface area contributed by atoms with Crippen LogP contribution in [0.5, 0.6) is 0 Å². The predicted octanol–water partition coefficient (Wildman–Crippen LogP) is 2.39. The van der Waals surface area contributed by atoms with Gasteiger partial charge >= 0.3 is 5.97 Å². The zero-order valence-corrected chi connectivity index (χ0v) is 14.4. The van der Waals surface area contributed by atoms with Crippen molar-refractivity contribution in [3.63, 3.8) is 0 Å². The van der Waals surface area contributed by atoms with E-state index >= 15 is 0 Å². The highest BCUT2D eigenvalue weighted by Gasteiger charge is 2.11. The molecular formula is C18H15ClN4O3. The summed E-state index contributed by atoms with van der Waals surface area (Å²) in [5.74, 6) is -0.986. The first kappa shape index (κ1) is 17.6. The number of hydrogen-bond acceptors (Lipinski definition) is 5. The summed E-state index contributed by atoms with van der Waals surface area (Å²) in [6.07, 6.45) is 2.97. The van der Waals surface area contributed by atoms with Crippen LogP contribution in [0.3, 0.4) is 0 Å². The number of rotatable bonds is 6. The van der Waals surface area contributed by atoms with Gasteiger partial charge in [0, 0.05) is 11.6 Å². The fourth-order valence-corrected chi connectivity index (χ4v) is 2.40. The van der Waals surface area contributed by atoms with Crippen LogP contribution < -0.4 is 5.32 Å². The van der Waals surface area contributed by atoms with E-state index in [4.69, 9.17) is 16.3 Å². The summed E-state index contributed by atoms with van der Waals surface area (Å²) in [6, 6.07) is 13.8. The Bertz CT molecular complexity index is 895. The number of amides is 1. The lowest BCUT2D eigenvalue weighted by atomic mass is 10.2. The van der Waals surface area contributed by atoms with Crippen LogP contribution in [-0.2, 0) is 16.1 Å². The molecule has 8 heteroatoms. The summed E-state index contributed by atoms with van der Waals surface area (Å²) in [4.78, 5) is 27.7. The van der Waals surface area contributed by atoms with Gasteiger partial charge in [0.2, 0.25) is 0 Å². The third-order valence-electron chi connectivity index (χ3n) is 3.55. The molecule has 0 atom stereocenters. The zero-order valence-electron chi connectivity index (χ0n) is 13.6. The van der Waals surface area contributed by atoms with E-state index in [0.717, 1.165) is 11.3 Å². The molecule has 132 valence electrons. The molecule has 0 saturated heterocycles. The maximum absolute atomic E-state index is 12.0. The third-order valence-corrected chi connectivity index (χ3v) is 3.92. The molecule has 0 unspecified atom stereocenters. The normalized spacial score (nSPS) is 10.3. The summed E-state index contributed by atoms with van der Waals surface area (Å²) in [7, 11) is 0. The number of carbonyl (C=O) groups excluding carboxylic acids is 2. The van der Waals surface area contributed by atoms with Crippen molar-refractivity contribution in [2.24, 2.45) is 0 Å². The van der Waals surface area contributed by atoms with Gasteiger partial charge in [0.05, 0.1) is 11.3 Å². The average Bonchev–Trinajstić information content (AvgIpc) is 3.20. The van der Waals surface area contributed by atoms with Crippen LogP contribution >= 0.6 is 11.6 Å². The smallest absolute Gasteiger partial charge is 0.338 e. The number of ether oxygens (including phenoxy) is 1. The van der Waals surface area contributed by atoms with Crippen molar-refractivity contribution in [2.75, 3.05) is 6.61 Å². The molecule has 0 spiro atoms. The van der Waals surface area contributed by atoms with Gasteiger partial charge in [-0.15, -0.1) is 0 Å². The highest BCUT2D eigenvalue weighted by Crippen LogP contribution is 2.14. The summed E-state index contributed by atoms with van der Waals surface area (Å²) < 4.78 is 6.59. The standard InChI is InChI=1S/C18H15ClN4O3/c19-16-4-2-1-3-14(16)9-21-17(24)10-26-18(25)13-5-7-15(8-6-13)23-12-20-11-22-23/h1-8,11-12H,9-10H2,(H,21,24). The highest BCUT2D eigenvalue weighted by molar-refractivity contribution is 6.31. The van der Waals surface area contributed by atoms with E-state index in [1.54, 1.807) is 41.3 Å². The van der Waals surface area contributed by atoms with Gasteiger partial charge in [0.1, 0.15) is 12.7 Å². The molecule has 26 heavy (non-hydrogen) atoms. The number of carbonyl (C=O) groups is 2. The molecule has 0 radical (unpaired) electrons. The third kappa shape index (κ3) is 4.46. The Morgan fingerprint density at radius 2 is 1.88 bits per heavy atom. The van der Waals surface area contributed by atoms with Gasteiger partial charge < -0.3 is 10.1 Å². The fourth-order valence-electron chi connectivity index (χ4n) is 2.19. The molecule has 1 heterocycles. The number of nitrogens with one attached hydrogen (secondary N) is 1. The van der Waals surface area contributed by atoms with E-state index in [1.165, 1.54) is 6.33 Å². The Hall–Kier alpha value is -3.19. The maximum atomic E-state index is 12.0. The van der Waals surface area contributed by atoms with Crippen LogP contribution in [0.2, 0.25) is 5.02 Å². The average molecular weight is 371 g/mol. The number of hydrogen-bond donors (Lipinski definition) is 1. The van der Waals surface area contributed by atoms with E-state index in [1.807, 2.05) is 18.2 Å². The van der Waals surface area contributed by atoms with E-state index in [0.29, 0.717) is 10.6 Å². The molecule has 0 fully saturated rings. The highest BCUT2D eigenvalue weighted by atomic mass is 35.5. The lowest BCUT2D eigenvalue weighted by Crippen LogP contribution is -2.28. The first-order chi connectivity index (χ1) is 12.6. The second-order valence-corrected chi connectivity index (χ2v) is 5.74. The van der Waals surface area contributed by atoms with Crippen LogP contribution in [0.25, 0.3) is 5.69 Å². The van der Waals surface area contributed by atoms with Gasteiger partial charge in [-0.1, -0.05) is 29.8 Å². The largest absolute Gasteiger partial charge is 0.452 e. The summed E-state index contributed by atoms with van der Waals surface area (Å²) in [5, 5.41) is 7.22. The molecule has 2 aromatic carbocycles. The second kappa shape index (κ2) is 8.26. The van der Waals surface area contributed by atoms with Crippen molar-refractivity contribution in [1.82, 2.24) is 20.1 Å². The number of aromatic nitrogens is 3. The van der Waals surface area contributed by atoms with Crippen molar-refractivity contribution in [3.05, 3.63) is 77.3 Å². The van der Waals surface area contributed by atoms with Crippen molar-refractivity contribution in [2.45, 2.75) is 6.54 Å². The Kier molecular flexibility index (Phi) is 5.60. The minimum Gasteiger partial charge on any atom is -0.452 e. The van der Waals surface area contributed by atoms with Gasteiger partial charge in [0.15, 0.2) is 6.61 Å². The lowest BCUT2D eigenvalue weighted by molar-refractivity contribution is -0.124. The van der Waals surface area contributed by atoms with Gasteiger partial charge in [-0.3, -0.25) is 4.79 Å². The first-order valence-electron chi connectivity index (χ1n) is 7.76. The van der Waals surface area contributed by atoms with Crippen LogP contribution in [-0.4, -0.2) is 33.2 Å². The summed E-state index contributed by atoms with van der Waals surface area (Å²) >= 11 is 6.02. The molecule has 3 aromatic rings. The number of halogens is 1. The van der Waals surface area contributed by atoms with Crippen LogP contribution in [0.1, 0.15) is 15.9 Å². The molecular weight excluding hydrogens is 356 g/mol. The molecule has 1 aromatic heterocycles. The maximum Gasteiger partial charge on any atom is 0.338 e. The van der Waals surface area contributed by atoms with Gasteiger partial charge in [-0.25, -0.2) is 14.5 Å². The van der Waals surface area contributed by atoms with E-state index in [9.17, 15) is 9.59 Å². The first-order valence-corrected chi connectivity index (χ1v) is 8.13. The van der Waals surface area contributed by atoms with Crippen molar-refractivity contribution in [1.29, 1.82) is 0 Å². The fraction of sp³-hybridized carbons (Fsp3) is 0.111. The van der Waals surface area contributed by atoms with Crippen LogP contribution in [0.4, 0.5) is 0 Å². The van der Waals surface area contributed by atoms with E-state index < -0.39 is 11.9 Å². The number of nitrogens with zero attached hydrogens (tertiary/aromatic N) is 3. The van der Waals surface area contributed by atoms with Crippen molar-refractivity contribution < 1.29 is 14.3 Å². The molecule has 0 saturated carbocycles. The molecule has 1 N–H and O–H groups in total. The predicted molar refractivity (Wildman–Crippen MR) is 94.9 cm³/mol. The Morgan fingerprint density at radius 1 is 1.12 bits per heavy atom. The van der Waals surface area contributed by atoms with E-state index in [2.05, 4.69) is 15.4 Å². The molecule has 0 aliphatic heterocycles. The molecule has 0 bridgehead atoms. The van der Waals surface area contributed by atoms with E-state index in [-0.39, 0.29) is 13.2 Å². The van der Waals surface area contributed by atoms with Crippen molar-refractivity contribution >= 4 is 23.5 Å². The van der Waals surface area contributed by atoms with Crippen molar-refractivity contribution in [3.8, 4) is 5.69 Å². The Morgan fingerprint density at radius 3 is 2.58 bits per heavy atom. The van der Waals surface area contributed by atoms with Crippen LogP contribution in [0, 0.1) is 0 Å². The lowest BCUT2D eigenvalue weighted by Gasteiger charge is -2.08.